The van der Waals surface area contributed by atoms with Gasteiger partial charge in [-0.3, -0.25) is 9.79 Å². The highest BCUT2D eigenvalue weighted by Crippen LogP contribution is 2.47. The molecule has 2 unspecified atom stereocenters. The molecule has 0 saturated carbocycles. The van der Waals surface area contributed by atoms with E-state index in [-0.39, 0.29) is 22.5 Å². The largest absolute Gasteiger partial charge is 0.378 e. The minimum absolute atomic E-state index is 0.0870. The van der Waals surface area contributed by atoms with Crippen LogP contribution in [0.15, 0.2) is 34.5 Å². The zero-order chi connectivity index (χ0) is 19.2. The molecule has 1 N–H and O–H groups in total. The summed E-state index contributed by atoms with van der Waals surface area (Å²) in [7, 11) is 0. The number of aliphatic imine (C=N–C) groups is 1. The normalized spacial score (nSPS) is 24.7. The van der Waals surface area contributed by atoms with Gasteiger partial charge in [0.2, 0.25) is 0 Å². The molecule has 2 aliphatic heterocycles. The summed E-state index contributed by atoms with van der Waals surface area (Å²) in [6.45, 7) is 3.14. The number of fused-ring (bicyclic) bond motifs is 1. The average Bonchev–Trinajstić information content (AvgIpc) is 3.07. The third-order valence-corrected chi connectivity index (χ3v) is 6.50. The Hall–Kier alpha value is -1.90. The smallest absolute Gasteiger partial charge is 0.161 e. The van der Waals surface area contributed by atoms with Crippen molar-refractivity contribution >= 4 is 23.3 Å². The molecule has 2 heterocycles. The van der Waals surface area contributed by atoms with Gasteiger partial charge in [-0.05, 0) is 56.6 Å². The number of halogens is 1. The number of benzene rings is 1. The highest BCUT2D eigenvalue weighted by Gasteiger charge is 2.42. The molecule has 0 bridgehead atoms. The van der Waals surface area contributed by atoms with Gasteiger partial charge in [-0.1, -0.05) is 17.9 Å². The van der Waals surface area contributed by atoms with Gasteiger partial charge in [0.25, 0.3) is 0 Å². The van der Waals surface area contributed by atoms with E-state index in [0.29, 0.717) is 6.42 Å². The summed E-state index contributed by atoms with van der Waals surface area (Å²) in [4.78, 5) is 17.6. The highest BCUT2D eigenvalue weighted by atomic mass is 32.2. The lowest BCUT2D eigenvalue weighted by atomic mass is 9.77. The zero-order valence-corrected chi connectivity index (χ0v) is 16.3. The third-order valence-electron chi connectivity index (χ3n) is 5.16. The van der Waals surface area contributed by atoms with E-state index in [1.807, 2.05) is 11.8 Å². The maximum Gasteiger partial charge on any atom is 0.161 e. The van der Waals surface area contributed by atoms with Crippen LogP contribution in [0.5, 0.6) is 0 Å². The third kappa shape index (κ3) is 3.61. The van der Waals surface area contributed by atoms with Gasteiger partial charge in [0.05, 0.1) is 10.8 Å². The van der Waals surface area contributed by atoms with E-state index >= 15 is 0 Å². The Morgan fingerprint density at radius 1 is 1.30 bits per heavy atom. The van der Waals surface area contributed by atoms with E-state index < -0.39 is 11.4 Å². The SMILES string of the molecule is CC(C)(O)C#Cc1cc(C2C3=C(CCCC3=O)N=C3CCSC32)ccc1F. The average molecular weight is 383 g/mol. The lowest BCUT2D eigenvalue weighted by molar-refractivity contribution is -0.116. The zero-order valence-electron chi connectivity index (χ0n) is 15.5. The van der Waals surface area contributed by atoms with Gasteiger partial charge in [-0.15, -0.1) is 0 Å². The van der Waals surface area contributed by atoms with Crippen molar-refractivity contribution in [3.63, 3.8) is 0 Å². The molecule has 140 valence electrons. The maximum atomic E-state index is 14.3. The molecule has 2 atom stereocenters. The summed E-state index contributed by atoms with van der Waals surface area (Å²) in [6, 6.07) is 4.93. The van der Waals surface area contributed by atoms with Crippen LogP contribution in [-0.4, -0.2) is 33.2 Å². The van der Waals surface area contributed by atoms with Crippen LogP contribution in [0, 0.1) is 17.7 Å². The molecular formula is C22H22FNO2S. The lowest BCUT2D eigenvalue weighted by Crippen LogP contribution is -2.32. The van der Waals surface area contributed by atoms with E-state index in [1.165, 1.54) is 6.07 Å². The fourth-order valence-corrected chi connectivity index (χ4v) is 5.40. The topological polar surface area (TPSA) is 49.7 Å². The summed E-state index contributed by atoms with van der Waals surface area (Å²) >= 11 is 1.83. The second-order valence-electron chi connectivity index (χ2n) is 7.81. The Labute approximate surface area is 163 Å². The Balaban J connectivity index is 1.81. The van der Waals surface area contributed by atoms with Gasteiger partial charge in [0.15, 0.2) is 5.78 Å². The number of carbonyl (C=O) groups excluding carboxylic acids is 1. The first kappa shape index (κ1) is 18.5. The molecule has 0 aromatic heterocycles. The van der Waals surface area contributed by atoms with Crippen molar-refractivity contribution in [2.75, 3.05) is 5.75 Å². The van der Waals surface area contributed by atoms with Crippen LogP contribution in [0.3, 0.4) is 0 Å². The lowest BCUT2D eigenvalue weighted by Gasteiger charge is -2.33. The number of hydrogen-bond acceptors (Lipinski definition) is 4. The van der Waals surface area contributed by atoms with Gasteiger partial charge in [-0.2, -0.15) is 11.8 Å². The standard InChI is InChI=1S/C22H22FNO2S/c1-22(2,26)10-8-13-12-14(6-7-15(13)23)19-20-16(4-3-5-18(20)25)24-17-9-11-27-21(17)19/h6-7,12,19,21,26H,3-5,9,11H2,1-2H3. The Morgan fingerprint density at radius 3 is 2.89 bits per heavy atom. The second-order valence-corrected chi connectivity index (χ2v) is 9.06. The minimum atomic E-state index is -1.19. The van der Waals surface area contributed by atoms with Gasteiger partial charge in [-0.25, -0.2) is 4.39 Å². The number of aliphatic hydroxyl groups is 1. The fraction of sp³-hybridized carbons (Fsp3) is 0.455. The summed E-state index contributed by atoms with van der Waals surface area (Å²) in [5, 5.41) is 9.98. The van der Waals surface area contributed by atoms with Crippen molar-refractivity contribution in [1.29, 1.82) is 0 Å². The van der Waals surface area contributed by atoms with E-state index in [2.05, 4.69) is 11.8 Å². The molecule has 1 fully saturated rings. The Bertz CT molecular complexity index is 930. The molecule has 4 rings (SSSR count). The summed E-state index contributed by atoms with van der Waals surface area (Å²) < 4.78 is 14.3. The number of ketones is 1. The number of nitrogens with zero attached hydrogens (tertiary/aromatic N) is 1. The van der Waals surface area contributed by atoms with Crippen LogP contribution < -0.4 is 0 Å². The van der Waals surface area contributed by atoms with Crippen LogP contribution in [0.4, 0.5) is 4.39 Å². The van der Waals surface area contributed by atoms with E-state index in [4.69, 9.17) is 4.99 Å². The summed E-state index contributed by atoms with van der Waals surface area (Å²) in [5.41, 5.74) is 2.88. The van der Waals surface area contributed by atoms with Crippen molar-refractivity contribution in [3.05, 3.63) is 46.4 Å². The summed E-state index contributed by atoms with van der Waals surface area (Å²) in [5.74, 6) is 6.11. The number of allylic oxidation sites excluding steroid dienone is 2. The van der Waals surface area contributed by atoms with Crippen LogP contribution in [0.25, 0.3) is 0 Å². The van der Waals surface area contributed by atoms with Crippen molar-refractivity contribution < 1.29 is 14.3 Å². The summed E-state index contributed by atoms with van der Waals surface area (Å²) in [6.07, 6.45) is 3.20. The van der Waals surface area contributed by atoms with Gasteiger partial charge in [0.1, 0.15) is 11.4 Å². The van der Waals surface area contributed by atoms with Gasteiger partial charge in [0, 0.05) is 29.3 Å². The predicted octanol–water partition coefficient (Wildman–Crippen LogP) is 4.00. The molecule has 27 heavy (non-hydrogen) atoms. The molecule has 3 nitrogen and oxygen atoms in total. The van der Waals surface area contributed by atoms with Crippen LogP contribution >= 0.6 is 11.8 Å². The number of hydrogen-bond donors (Lipinski definition) is 1. The van der Waals surface area contributed by atoms with Crippen LogP contribution in [0.1, 0.15) is 56.6 Å². The predicted molar refractivity (Wildman–Crippen MR) is 106 cm³/mol. The molecule has 0 spiro atoms. The van der Waals surface area contributed by atoms with E-state index in [1.54, 1.807) is 26.0 Å². The highest BCUT2D eigenvalue weighted by molar-refractivity contribution is 8.01. The Morgan fingerprint density at radius 2 is 2.11 bits per heavy atom. The Kier molecular flexibility index (Phi) is 4.73. The van der Waals surface area contributed by atoms with Crippen molar-refractivity contribution in [2.24, 2.45) is 4.99 Å². The molecule has 1 aromatic rings. The molecule has 0 amide bonds. The molecule has 1 saturated heterocycles. The molecule has 3 aliphatic rings. The monoisotopic (exact) mass is 383 g/mol. The second kappa shape index (κ2) is 6.92. The van der Waals surface area contributed by atoms with E-state index in [9.17, 15) is 14.3 Å². The first-order valence-electron chi connectivity index (χ1n) is 9.34. The fourth-order valence-electron chi connectivity index (χ4n) is 3.97. The molecule has 0 radical (unpaired) electrons. The molecule has 1 aromatic carbocycles. The van der Waals surface area contributed by atoms with E-state index in [0.717, 1.165) is 47.6 Å². The maximum absolute atomic E-state index is 14.3. The minimum Gasteiger partial charge on any atom is -0.378 e. The van der Waals surface area contributed by atoms with Crippen LogP contribution in [-0.2, 0) is 4.79 Å². The van der Waals surface area contributed by atoms with Crippen LogP contribution in [0.2, 0.25) is 0 Å². The molecule has 1 aliphatic carbocycles. The van der Waals surface area contributed by atoms with Gasteiger partial charge < -0.3 is 5.11 Å². The quantitative estimate of drug-likeness (QED) is 0.746. The number of carbonyl (C=O) groups is 1. The number of thioether (sulfide) groups is 1. The number of rotatable bonds is 1. The first-order valence-corrected chi connectivity index (χ1v) is 10.4. The van der Waals surface area contributed by atoms with Crippen molar-refractivity contribution in [3.8, 4) is 11.8 Å². The number of Topliss-reactive ketones (excluding diaryl/α,β-unsaturated/α-hetero) is 1. The van der Waals surface area contributed by atoms with Gasteiger partial charge >= 0.3 is 0 Å². The first-order chi connectivity index (χ1) is 12.8. The molecular weight excluding hydrogens is 361 g/mol. The van der Waals surface area contributed by atoms with Crippen molar-refractivity contribution in [1.82, 2.24) is 0 Å². The van der Waals surface area contributed by atoms with Crippen molar-refractivity contribution in [2.45, 2.75) is 56.3 Å². The molecule has 5 heteroatoms.